The Morgan fingerprint density at radius 1 is 1.12 bits per heavy atom. The van der Waals surface area contributed by atoms with Crippen molar-refractivity contribution >= 4 is 0 Å². The van der Waals surface area contributed by atoms with Gasteiger partial charge < -0.3 is 5.73 Å². The molecule has 1 atom stereocenters. The Kier molecular flexibility index (Phi) is 4.11. The molecule has 1 unspecified atom stereocenters. The van der Waals surface area contributed by atoms with Crippen LogP contribution in [0.25, 0.3) is 0 Å². The fraction of sp³-hybridized carbons (Fsp3) is 0.571. The van der Waals surface area contributed by atoms with Crippen LogP contribution in [0.1, 0.15) is 43.6 Å². The van der Waals surface area contributed by atoms with Crippen molar-refractivity contribution < 1.29 is 8.78 Å². The van der Waals surface area contributed by atoms with Crippen LogP contribution in [0.5, 0.6) is 0 Å². The highest BCUT2D eigenvalue weighted by molar-refractivity contribution is 5.23. The fourth-order valence-electron chi connectivity index (χ4n) is 3.00. The highest BCUT2D eigenvalue weighted by Crippen LogP contribution is 2.39. The highest BCUT2D eigenvalue weighted by atomic mass is 19.1. The van der Waals surface area contributed by atoms with Crippen molar-refractivity contribution in [1.82, 2.24) is 0 Å². The predicted molar refractivity (Wildman–Crippen MR) is 64.7 cm³/mol. The lowest BCUT2D eigenvalue weighted by molar-refractivity contribution is 0.412. The topological polar surface area (TPSA) is 26.0 Å². The van der Waals surface area contributed by atoms with E-state index in [0.717, 1.165) is 30.9 Å². The lowest BCUT2D eigenvalue weighted by Gasteiger charge is -2.23. The molecule has 1 aromatic carbocycles. The van der Waals surface area contributed by atoms with Gasteiger partial charge in [0.25, 0.3) is 0 Å². The van der Waals surface area contributed by atoms with Gasteiger partial charge in [0.05, 0.1) is 0 Å². The van der Waals surface area contributed by atoms with Crippen molar-refractivity contribution in [3.63, 3.8) is 0 Å². The van der Waals surface area contributed by atoms with Gasteiger partial charge in [-0.1, -0.05) is 12.8 Å². The maximum absolute atomic E-state index is 13.2. The Labute approximate surface area is 101 Å². The van der Waals surface area contributed by atoms with Gasteiger partial charge in [-0.3, -0.25) is 0 Å². The number of hydrogen-bond donors (Lipinski definition) is 1. The van der Waals surface area contributed by atoms with E-state index >= 15 is 0 Å². The van der Waals surface area contributed by atoms with E-state index in [0.29, 0.717) is 12.5 Å². The van der Waals surface area contributed by atoms with Crippen LogP contribution < -0.4 is 5.73 Å². The summed E-state index contributed by atoms with van der Waals surface area (Å²) in [4.78, 5) is 0. The van der Waals surface area contributed by atoms with Gasteiger partial charge in [0, 0.05) is 6.07 Å². The maximum atomic E-state index is 13.2. The minimum atomic E-state index is -0.486. The number of benzene rings is 1. The number of halogens is 2. The summed E-state index contributed by atoms with van der Waals surface area (Å²) in [7, 11) is 0. The molecule has 0 radical (unpaired) electrons. The normalized spacial score (nSPS) is 18.5. The Morgan fingerprint density at radius 2 is 1.71 bits per heavy atom. The average Bonchev–Trinajstić information content (AvgIpc) is 2.77. The van der Waals surface area contributed by atoms with E-state index in [1.54, 1.807) is 0 Å². The summed E-state index contributed by atoms with van der Waals surface area (Å²) < 4.78 is 26.5. The second-order valence-corrected chi connectivity index (χ2v) is 4.93. The van der Waals surface area contributed by atoms with Crippen molar-refractivity contribution in [3.05, 3.63) is 35.4 Å². The molecular formula is C14H19F2N. The van der Waals surface area contributed by atoms with Crippen LogP contribution in [0.3, 0.4) is 0 Å². The molecule has 1 saturated carbocycles. The van der Waals surface area contributed by atoms with Crippen LogP contribution in [0.15, 0.2) is 18.2 Å². The largest absolute Gasteiger partial charge is 0.330 e. The smallest absolute Gasteiger partial charge is 0.126 e. The Hall–Kier alpha value is -0.960. The second-order valence-electron chi connectivity index (χ2n) is 4.93. The third-order valence-corrected chi connectivity index (χ3v) is 3.76. The van der Waals surface area contributed by atoms with Crippen molar-refractivity contribution in [1.29, 1.82) is 0 Å². The minimum absolute atomic E-state index is 0.215. The molecule has 0 amide bonds. The monoisotopic (exact) mass is 239 g/mol. The minimum Gasteiger partial charge on any atom is -0.330 e. The maximum Gasteiger partial charge on any atom is 0.126 e. The van der Waals surface area contributed by atoms with Gasteiger partial charge in [-0.2, -0.15) is 0 Å². The molecule has 0 bridgehead atoms. The highest BCUT2D eigenvalue weighted by Gasteiger charge is 2.26. The van der Waals surface area contributed by atoms with Gasteiger partial charge in [-0.05, 0) is 55.3 Å². The summed E-state index contributed by atoms with van der Waals surface area (Å²) in [5.41, 5.74) is 6.40. The molecule has 1 aliphatic carbocycles. The van der Waals surface area contributed by atoms with E-state index in [2.05, 4.69) is 0 Å². The molecular weight excluding hydrogens is 220 g/mol. The van der Waals surface area contributed by atoms with Crippen LogP contribution in [0.4, 0.5) is 8.78 Å². The Bertz CT molecular complexity index is 352. The zero-order valence-corrected chi connectivity index (χ0v) is 9.96. The summed E-state index contributed by atoms with van der Waals surface area (Å²) in [6, 6.07) is 3.85. The third-order valence-electron chi connectivity index (χ3n) is 3.76. The van der Waals surface area contributed by atoms with Crippen molar-refractivity contribution in [2.75, 3.05) is 6.54 Å². The van der Waals surface area contributed by atoms with E-state index in [4.69, 9.17) is 5.73 Å². The summed E-state index contributed by atoms with van der Waals surface area (Å²) in [5.74, 6) is -0.215. The fourth-order valence-corrected chi connectivity index (χ4v) is 3.00. The summed E-state index contributed by atoms with van der Waals surface area (Å²) in [6.45, 7) is 0.569. The summed E-state index contributed by atoms with van der Waals surface area (Å²) in [5, 5.41) is 0. The first-order valence-electron chi connectivity index (χ1n) is 6.37. The Morgan fingerprint density at radius 3 is 2.24 bits per heavy atom. The molecule has 1 nitrogen and oxygen atoms in total. The van der Waals surface area contributed by atoms with E-state index < -0.39 is 11.6 Å². The molecule has 17 heavy (non-hydrogen) atoms. The van der Waals surface area contributed by atoms with Crippen LogP contribution in [-0.2, 0) is 0 Å². The molecule has 1 aliphatic rings. The zero-order valence-electron chi connectivity index (χ0n) is 9.96. The molecule has 0 heterocycles. The second kappa shape index (κ2) is 5.58. The first-order chi connectivity index (χ1) is 8.20. The molecule has 0 spiro atoms. The summed E-state index contributed by atoms with van der Waals surface area (Å²) in [6.07, 6.45) is 5.58. The molecule has 3 heteroatoms. The predicted octanol–water partition coefficient (Wildman–Crippen LogP) is 3.59. The molecule has 1 aromatic rings. The van der Waals surface area contributed by atoms with Gasteiger partial charge in [-0.25, -0.2) is 8.78 Å². The van der Waals surface area contributed by atoms with Crippen molar-refractivity contribution in [2.45, 2.75) is 38.0 Å². The first-order valence-corrected chi connectivity index (χ1v) is 6.37. The molecule has 2 rings (SSSR count). The average molecular weight is 239 g/mol. The Balaban J connectivity index is 2.24. The van der Waals surface area contributed by atoms with Crippen LogP contribution in [-0.4, -0.2) is 6.54 Å². The molecule has 1 fully saturated rings. The third kappa shape index (κ3) is 3.03. The molecule has 2 N–H and O–H groups in total. The van der Waals surface area contributed by atoms with Gasteiger partial charge in [0.1, 0.15) is 11.6 Å². The molecule has 0 aliphatic heterocycles. The SMILES string of the molecule is NCCC(c1cc(F)cc(F)c1)C1CCCC1. The summed E-state index contributed by atoms with van der Waals surface area (Å²) >= 11 is 0. The lowest BCUT2D eigenvalue weighted by atomic mass is 9.82. The molecule has 0 aromatic heterocycles. The van der Waals surface area contributed by atoms with Crippen LogP contribution >= 0.6 is 0 Å². The van der Waals surface area contributed by atoms with Gasteiger partial charge in [-0.15, -0.1) is 0 Å². The molecule has 0 saturated heterocycles. The molecule has 94 valence electrons. The van der Waals surface area contributed by atoms with E-state index in [1.807, 2.05) is 0 Å². The standard InChI is InChI=1S/C14H19F2N/c15-12-7-11(8-13(16)9-12)14(5-6-17)10-3-1-2-4-10/h7-10,14H,1-6,17H2. The van der Waals surface area contributed by atoms with Crippen molar-refractivity contribution in [3.8, 4) is 0 Å². The van der Waals surface area contributed by atoms with Crippen LogP contribution in [0, 0.1) is 17.6 Å². The van der Waals surface area contributed by atoms with E-state index in [-0.39, 0.29) is 5.92 Å². The number of nitrogens with two attached hydrogens (primary N) is 1. The van der Waals surface area contributed by atoms with Crippen LogP contribution in [0.2, 0.25) is 0 Å². The first kappa shape index (κ1) is 12.5. The van der Waals surface area contributed by atoms with Gasteiger partial charge >= 0.3 is 0 Å². The van der Waals surface area contributed by atoms with Crippen molar-refractivity contribution in [2.24, 2.45) is 11.7 Å². The van der Waals surface area contributed by atoms with Gasteiger partial charge in [0.15, 0.2) is 0 Å². The zero-order chi connectivity index (χ0) is 12.3. The van der Waals surface area contributed by atoms with E-state index in [9.17, 15) is 8.78 Å². The quantitative estimate of drug-likeness (QED) is 0.853. The number of rotatable bonds is 4. The van der Waals surface area contributed by atoms with E-state index in [1.165, 1.54) is 25.0 Å². The van der Waals surface area contributed by atoms with Gasteiger partial charge in [0.2, 0.25) is 0 Å². The number of hydrogen-bond acceptors (Lipinski definition) is 1. The lowest BCUT2D eigenvalue weighted by Crippen LogP contribution is -2.15.